The van der Waals surface area contributed by atoms with Crippen molar-refractivity contribution in [2.75, 3.05) is 19.6 Å². The summed E-state index contributed by atoms with van der Waals surface area (Å²) in [5, 5.41) is 12.4. The van der Waals surface area contributed by atoms with Crippen molar-refractivity contribution in [2.24, 2.45) is 0 Å². The Labute approximate surface area is 253 Å². The van der Waals surface area contributed by atoms with Gasteiger partial charge in [-0.1, -0.05) is 122 Å². The number of phenols is 1. The quantitative estimate of drug-likeness (QED) is 0.176. The molecule has 0 aromatic heterocycles. The Bertz CT molecular complexity index is 1300. The van der Waals surface area contributed by atoms with Crippen molar-refractivity contribution < 1.29 is 5.11 Å². The number of hydrogen-bond acceptors (Lipinski definition) is 3. The van der Waals surface area contributed by atoms with Gasteiger partial charge in [-0.25, -0.2) is 0 Å². The molecule has 0 saturated carbocycles. The van der Waals surface area contributed by atoms with Crippen LogP contribution in [0.3, 0.4) is 0 Å². The number of nitrogens with zero attached hydrogens (tertiary/aromatic N) is 2. The zero-order valence-corrected chi connectivity index (χ0v) is 26.0. The minimum Gasteiger partial charge on any atom is -0.507 e. The average molecular weight is 561 g/mol. The van der Waals surface area contributed by atoms with Crippen LogP contribution in [0, 0.1) is 6.92 Å². The molecule has 1 saturated heterocycles. The van der Waals surface area contributed by atoms with Crippen LogP contribution < -0.4 is 0 Å². The summed E-state index contributed by atoms with van der Waals surface area (Å²) in [6.45, 7) is 13.2. The van der Waals surface area contributed by atoms with Crippen molar-refractivity contribution >= 4 is 0 Å². The van der Waals surface area contributed by atoms with Gasteiger partial charge in [-0.15, -0.1) is 0 Å². The van der Waals surface area contributed by atoms with Gasteiger partial charge in [0.25, 0.3) is 0 Å². The first-order chi connectivity index (χ1) is 20.4. The summed E-state index contributed by atoms with van der Waals surface area (Å²) in [7, 11) is 0. The molecular formula is C39H48N2O. The number of likely N-dealkylation sites (tertiary alicyclic amines) is 1. The minimum atomic E-state index is -0.667. The maximum absolute atomic E-state index is 12.4. The van der Waals surface area contributed by atoms with Crippen LogP contribution in [0.5, 0.6) is 5.75 Å². The van der Waals surface area contributed by atoms with Gasteiger partial charge in [0.2, 0.25) is 0 Å². The highest BCUT2D eigenvalue weighted by atomic mass is 16.3. The maximum Gasteiger partial charge on any atom is 0.124 e. The standard InChI is InChI=1S/C39H48N2O/c1-5-6-24-40-25-16-23-36(40)29-41(30(2)3)28-32-26-31(4)27-37(38(32)42)39(33-17-10-7-11-18-33,34-19-12-8-13-20-34)35-21-14-9-15-22-35/h7-15,17-22,26-27,30,36,42H,5-6,16,23-25,28-29H2,1-4H3/t36-/m0/s1. The van der Waals surface area contributed by atoms with E-state index in [0.717, 1.165) is 40.9 Å². The summed E-state index contributed by atoms with van der Waals surface area (Å²) >= 11 is 0. The number of unbranched alkanes of at least 4 members (excludes halogenated alkanes) is 1. The van der Waals surface area contributed by atoms with Crippen LogP contribution in [-0.4, -0.2) is 46.6 Å². The van der Waals surface area contributed by atoms with Gasteiger partial charge in [-0.05, 0) is 69.8 Å². The normalized spacial score (nSPS) is 16.0. The zero-order chi connectivity index (χ0) is 29.5. The van der Waals surface area contributed by atoms with E-state index in [-0.39, 0.29) is 0 Å². The molecular weight excluding hydrogens is 512 g/mol. The Kier molecular flexibility index (Phi) is 9.82. The number of aromatic hydroxyl groups is 1. The molecule has 220 valence electrons. The molecule has 1 atom stereocenters. The van der Waals surface area contributed by atoms with E-state index in [0.29, 0.717) is 17.8 Å². The molecule has 0 spiro atoms. The molecule has 3 nitrogen and oxygen atoms in total. The van der Waals surface area contributed by atoms with Crippen molar-refractivity contribution in [3.8, 4) is 5.75 Å². The number of phenolic OH excluding ortho intramolecular Hbond substituents is 1. The first-order valence-corrected chi connectivity index (χ1v) is 15.9. The van der Waals surface area contributed by atoms with Crippen LogP contribution in [-0.2, 0) is 12.0 Å². The third-order valence-electron chi connectivity index (χ3n) is 9.20. The van der Waals surface area contributed by atoms with E-state index in [1.165, 1.54) is 44.3 Å². The summed E-state index contributed by atoms with van der Waals surface area (Å²) in [6.07, 6.45) is 5.05. The van der Waals surface area contributed by atoms with Gasteiger partial charge in [0.15, 0.2) is 0 Å². The van der Waals surface area contributed by atoms with E-state index in [1.807, 2.05) is 0 Å². The molecule has 4 aromatic rings. The van der Waals surface area contributed by atoms with Gasteiger partial charge in [0.05, 0.1) is 5.41 Å². The van der Waals surface area contributed by atoms with Gasteiger partial charge in [0.1, 0.15) is 5.75 Å². The smallest absolute Gasteiger partial charge is 0.124 e. The first kappa shape index (κ1) is 30.1. The summed E-state index contributed by atoms with van der Waals surface area (Å²) in [5.74, 6) is 0.400. The van der Waals surface area contributed by atoms with Gasteiger partial charge >= 0.3 is 0 Å². The second kappa shape index (κ2) is 13.7. The Morgan fingerprint density at radius 3 is 1.90 bits per heavy atom. The van der Waals surface area contributed by atoms with E-state index < -0.39 is 5.41 Å². The molecule has 1 fully saturated rings. The molecule has 42 heavy (non-hydrogen) atoms. The van der Waals surface area contributed by atoms with Crippen LogP contribution in [0.1, 0.15) is 79.8 Å². The Morgan fingerprint density at radius 1 is 0.857 bits per heavy atom. The van der Waals surface area contributed by atoms with E-state index in [2.05, 4.69) is 141 Å². The Morgan fingerprint density at radius 2 is 1.40 bits per heavy atom. The van der Waals surface area contributed by atoms with Crippen LogP contribution in [0.25, 0.3) is 0 Å². The highest BCUT2D eigenvalue weighted by Gasteiger charge is 2.41. The van der Waals surface area contributed by atoms with Crippen molar-refractivity contribution in [3.05, 3.63) is 137 Å². The molecule has 1 heterocycles. The zero-order valence-electron chi connectivity index (χ0n) is 26.0. The molecule has 1 aliphatic rings. The molecule has 1 N–H and O–H groups in total. The molecule has 0 aliphatic carbocycles. The second-order valence-electron chi connectivity index (χ2n) is 12.4. The van der Waals surface area contributed by atoms with E-state index in [9.17, 15) is 5.11 Å². The van der Waals surface area contributed by atoms with Crippen molar-refractivity contribution in [2.45, 2.75) is 77.4 Å². The third-order valence-corrected chi connectivity index (χ3v) is 9.20. The fraction of sp³-hybridized carbons (Fsp3) is 0.385. The second-order valence-corrected chi connectivity index (χ2v) is 12.4. The van der Waals surface area contributed by atoms with E-state index in [4.69, 9.17) is 0 Å². The number of aryl methyl sites for hydroxylation is 1. The van der Waals surface area contributed by atoms with Crippen LogP contribution in [0.2, 0.25) is 0 Å². The van der Waals surface area contributed by atoms with Crippen molar-refractivity contribution in [1.29, 1.82) is 0 Å². The summed E-state index contributed by atoms with van der Waals surface area (Å²) in [4.78, 5) is 5.27. The number of rotatable bonds is 12. The maximum atomic E-state index is 12.4. The molecule has 4 aromatic carbocycles. The lowest BCUT2D eigenvalue weighted by molar-refractivity contribution is 0.138. The van der Waals surface area contributed by atoms with E-state index in [1.54, 1.807) is 0 Å². The van der Waals surface area contributed by atoms with Crippen LogP contribution in [0.4, 0.5) is 0 Å². The predicted molar refractivity (Wildman–Crippen MR) is 176 cm³/mol. The average Bonchev–Trinajstić information content (AvgIpc) is 3.46. The molecule has 0 radical (unpaired) electrons. The Balaban J connectivity index is 1.63. The molecule has 0 amide bonds. The van der Waals surface area contributed by atoms with Gasteiger partial charge in [0, 0.05) is 36.3 Å². The fourth-order valence-electron chi connectivity index (χ4n) is 7.00. The fourth-order valence-corrected chi connectivity index (χ4v) is 7.00. The third kappa shape index (κ3) is 6.19. The summed E-state index contributed by atoms with van der Waals surface area (Å²) in [5.41, 5.74) is 5.88. The number of benzene rings is 4. The predicted octanol–water partition coefficient (Wildman–Crippen LogP) is 8.56. The highest BCUT2D eigenvalue weighted by Crippen LogP contribution is 2.49. The lowest BCUT2D eigenvalue weighted by atomic mass is 9.64. The van der Waals surface area contributed by atoms with Crippen molar-refractivity contribution in [3.63, 3.8) is 0 Å². The lowest BCUT2D eigenvalue weighted by Gasteiger charge is -2.38. The van der Waals surface area contributed by atoms with Crippen molar-refractivity contribution in [1.82, 2.24) is 9.80 Å². The van der Waals surface area contributed by atoms with E-state index >= 15 is 0 Å². The summed E-state index contributed by atoms with van der Waals surface area (Å²) < 4.78 is 0. The number of hydrogen-bond donors (Lipinski definition) is 1. The van der Waals surface area contributed by atoms with Gasteiger partial charge < -0.3 is 5.11 Å². The monoisotopic (exact) mass is 560 g/mol. The first-order valence-electron chi connectivity index (χ1n) is 15.9. The minimum absolute atomic E-state index is 0.379. The SMILES string of the molecule is CCCCN1CCC[C@H]1CN(Cc1cc(C)cc(C(c2ccccc2)(c2ccccc2)c2ccccc2)c1O)C(C)C. The van der Waals surface area contributed by atoms with Crippen LogP contribution in [0.15, 0.2) is 103 Å². The van der Waals surface area contributed by atoms with Gasteiger partial charge in [-0.3, -0.25) is 9.80 Å². The highest BCUT2D eigenvalue weighted by molar-refractivity contribution is 5.64. The molecule has 5 rings (SSSR count). The summed E-state index contributed by atoms with van der Waals surface area (Å²) in [6, 6.07) is 37.4. The molecule has 0 bridgehead atoms. The Hall–Kier alpha value is -3.40. The molecule has 0 unspecified atom stereocenters. The molecule has 3 heteroatoms. The van der Waals surface area contributed by atoms with Gasteiger partial charge in [-0.2, -0.15) is 0 Å². The van der Waals surface area contributed by atoms with Crippen LogP contribution >= 0.6 is 0 Å². The topological polar surface area (TPSA) is 26.7 Å². The molecule has 1 aliphatic heterocycles. The largest absolute Gasteiger partial charge is 0.507 e. The lowest BCUT2D eigenvalue weighted by Crippen LogP contribution is -2.43.